The van der Waals surface area contributed by atoms with Crippen LogP contribution < -0.4 is 0 Å². The van der Waals surface area contributed by atoms with Gasteiger partial charge >= 0.3 is 11.9 Å². The second-order valence-corrected chi connectivity index (χ2v) is 4.98. The summed E-state index contributed by atoms with van der Waals surface area (Å²) in [6.45, 7) is 7.86. The second-order valence-electron chi connectivity index (χ2n) is 4.98. The number of esters is 1. The van der Waals surface area contributed by atoms with Crippen molar-refractivity contribution in [2.45, 2.75) is 58.7 Å². The SMILES string of the molecule is CCCCOC(=O)C(C)(C)OOC(C)(C)C(=O)O. The zero-order chi connectivity index (χ0) is 14.4. The molecule has 0 saturated heterocycles. The summed E-state index contributed by atoms with van der Waals surface area (Å²) in [5, 5.41) is 8.83. The van der Waals surface area contributed by atoms with E-state index < -0.39 is 23.1 Å². The predicted octanol–water partition coefficient (Wildman–Crippen LogP) is 1.92. The molecule has 0 unspecified atom stereocenters. The number of carboxylic acids is 1. The lowest BCUT2D eigenvalue weighted by Gasteiger charge is -2.26. The number of hydrogen-bond acceptors (Lipinski definition) is 5. The molecule has 0 heterocycles. The molecule has 106 valence electrons. The Morgan fingerprint density at radius 2 is 1.56 bits per heavy atom. The lowest BCUT2D eigenvalue weighted by atomic mass is 10.1. The number of hydrogen-bond donors (Lipinski definition) is 1. The number of rotatable bonds is 8. The molecule has 0 aliphatic heterocycles. The molecule has 0 aliphatic carbocycles. The van der Waals surface area contributed by atoms with Gasteiger partial charge in [0.15, 0.2) is 11.2 Å². The molecular weight excluding hydrogens is 240 g/mol. The topological polar surface area (TPSA) is 82.1 Å². The van der Waals surface area contributed by atoms with Gasteiger partial charge in [-0.05, 0) is 34.1 Å². The van der Waals surface area contributed by atoms with E-state index in [1.165, 1.54) is 27.7 Å². The summed E-state index contributed by atoms with van der Waals surface area (Å²) in [5.74, 6) is -1.77. The van der Waals surface area contributed by atoms with E-state index in [4.69, 9.17) is 19.6 Å². The van der Waals surface area contributed by atoms with Crippen molar-refractivity contribution >= 4 is 11.9 Å². The summed E-state index contributed by atoms with van der Waals surface area (Å²) < 4.78 is 4.98. The van der Waals surface area contributed by atoms with E-state index in [2.05, 4.69) is 0 Å². The van der Waals surface area contributed by atoms with Crippen LogP contribution in [0.5, 0.6) is 0 Å². The molecule has 1 N–H and O–H groups in total. The molecule has 0 saturated carbocycles. The highest BCUT2D eigenvalue weighted by molar-refractivity contribution is 5.78. The van der Waals surface area contributed by atoms with Gasteiger partial charge in [-0.1, -0.05) is 13.3 Å². The van der Waals surface area contributed by atoms with Crippen molar-refractivity contribution in [3.05, 3.63) is 0 Å². The van der Waals surface area contributed by atoms with Crippen molar-refractivity contribution in [2.75, 3.05) is 6.61 Å². The lowest BCUT2D eigenvalue weighted by molar-refractivity contribution is -0.386. The Morgan fingerprint density at radius 3 is 2.00 bits per heavy atom. The minimum absolute atomic E-state index is 0.310. The van der Waals surface area contributed by atoms with Gasteiger partial charge in [0, 0.05) is 0 Å². The number of aliphatic carboxylic acids is 1. The summed E-state index contributed by atoms with van der Waals surface area (Å²) in [5.41, 5.74) is -2.87. The molecule has 0 radical (unpaired) electrons. The largest absolute Gasteiger partial charge is 0.479 e. The summed E-state index contributed by atoms with van der Waals surface area (Å²) in [4.78, 5) is 32.1. The Balaban J connectivity index is 4.29. The highest BCUT2D eigenvalue weighted by Gasteiger charge is 2.37. The first-order chi connectivity index (χ1) is 8.13. The molecule has 0 spiro atoms. The standard InChI is InChI=1S/C12H22O6/c1-6-7-8-16-10(15)12(4,5)18-17-11(2,3)9(13)14/h6-8H2,1-5H3,(H,13,14). The Kier molecular flexibility index (Phi) is 6.28. The van der Waals surface area contributed by atoms with E-state index in [0.29, 0.717) is 6.61 Å². The molecule has 0 aromatic rings. The monoisotopic (exact) mass is 262 g/mol. The first kappa shape index (κ1) is 16.9. The van der Waals surface area contributed by atoms with Gasteiger partial charge in [0.2, 0.25) is 0 Å². The van der Waals surface area contributed by atoms with Gasteiger partial charge in [0.25, 0.3) is 0 Å². The van der Waals surface area contributed by atoms with Crippen LogP contribution in [0, 0.1) is 0 Å². The van der Waals surface area contributed by atoms with Crippen molar-refractivity contribution in [3.8, 4) is 0 Å². The smallest absolute Gasteiger partial charge is 0.341 e. The summed E-state index contributed by atoms with van der Waals surface area (Å²) >= 11 is 0. The molecule has 18 heavy (non-hydrogen) atoms. The number of ether oxygens (including phenoxy) is 1. The maximum absolute atomic E-state index is 11.7. The van der Waals surface area contributed by atoms with Crippen LogP contribution in [-0.4, -0.2) is 34.9 Å². The molecule has 0 aromatic heterocycles. The number of carbonyl (C=O) groups excluding carboxylic acids is 1. The average Bonchev–Trinajstić information content (AvgIpc) is 2.26. The van der Waals surface area contributed by atoms with E-state index in [-0.39, 0.29) is 0 Å². The molecule has 0 amide bonds. The van der Waals surface area contributed by atoms with Gasteiger partial charge in [-0.2, -0.15) is 0 Å². The van der Waals surface area contributed by atoms with Gasteiger partial charge < -0.3 is 9.84 Å². The molecule has 0 atom stereocenters. The quantitative estimate of drug-likeness (QED) is 0.311. The van der Waals surface area contributed by atoms with Crippen molar-refractivity contribution in [2.24, 2.45) is 0 Å². The molecule has 6 heteroatoms. The van der Waals surface area contributed by atoms with Crippen LogP contribution in [0.2, 0.25) is 0 Å². The van der Waals surface area contributed by atoms with E-state index >= 15 is 0 Å². The molecule has 0 bridgehead atoms. The predicted molar refractivity (Wildman–Crippen MR) is 63.8 cm³/mol. The van der Waals surface area contributed by atoms with E-state index in [0.717, 1.165) is 12.8 Å². The maximum Gasteiger partial charge on any atom is 0.341 e. The van der Waals surface area contributed by atoms with Crippen LogP contribution in [-0.2, 0) is 24.1 Å². The summed E-state index contributed by atoms with van der Waals surface area (Å²) in [6.07, 6.45) is 1.68. The molecular formula is C12H22O6. The van der Waals surface area contributed by atoms with Gasteiger partial charge in [-0.15, -0.1) is 0 Å². The minimum Gasteiger partial charge on any atom is -0.479 e. The highest BCUT2D eigenvalue weighted by Crippen LogP contribution is 2.18. The summed E-state index contributed by atoms with van der Waals surface area (Å²) in [6, 6.07) is 0. The lowest BCUT2D eigenvalue weighted by Crippen LogP contribution is -2.43. The van der Waals surface area contributed by atoms with Crippen LogP contribution >= 0.6 is 0 Å². The van der Waals surface area contributed by atoms with Crippen LogP contribution in [0.1, 0.15) is 47.5 Å². The van der Waals surface area contributed by atoms with E-state index in [1.807, 2.05) is 6.92 Å². The molecule has 0 aromatic carbocycles. The minimum atomic E-state index is -1.53. The van der Waals surface area contributed by atoms with Crippen molar-refractivity contribution in [1.82, 2.24) is 0 Å². The number of carbonyl (C=O) groups is 2. The van der Waals surface area contributed by atoms with Crippen LogP contribution in [0.25, 0.3) is 0 Å². The van der Waals surface area contributed by atoms with Gasteiger partial charge in [0.05, 0.1) is 6.61 Å². The fourth-order valence-corrected chi connectivity index (χ4v) is 0.761. The number of carboxylic acid groups (broad SMARTS) is 1. The van der Waals surface area contributed by atoms with Crippen molar-refractivity contribution in [1.29, 1.82) is 0 Å². The molecule has 6 nitrogen and oxygen atoms in total. The Bertz CT molecular complexity index is 295. The van der Waals surface area contributed by atoms with Crippen molar-refractivity contribution < 1.29 is 29.2 Å². The molecule has 0 rings (SSSR count). The molecule has 0 aliphatic rings. The van der Waals surface area contributed by atoms with Crippen molar-refractivity contribution in [3.63, 3.8) is 0 Å². The fourth-order valence-electron chi connectivity index (χ4n) is 0.761. The van der Waals surface area contributed by atoms with Gasteiger partial charge in [-0.3, -0.25) is 0 Å². The third kappa shape index (κ3) is 5.46. The van der Waals surface area contributed by atoms with Gasteiger partial charge in [-0.25, -0.2) is 19.4 Å². The second kappa shape index (κ2) is 6.70. The zero-order valence-corrected chi connectivity index (χ0v) is 11.6. The van der Waals surface area contributed by atoms with Crippen LogP contribution in [0.4, 0.5) is 0 Å². The Hall–Kier alpha value is -1.14. The first-order valence-corrected chi connectivity index (χ1v) is 5.91. The normalized spacial score (nSPS) is 12.3. The molecule has 0 fully saturated rings. The first-order valence-electron chi connectivity index (χ1n) is 5.91. The van der Waals surface area contributed by atoms with Gasteiger partial charge in [0.1, 0.15) is 0 Å². The Morgan fingerprint density at radius 1 is 1.06 bits per heavy atom. The van der Waals surface area contributed by atoms with Crippen LogP contribution in [0.3, 0.4) is 0 Å². The third-order valence-corrected chi connectivity index (χ3v) is 2.20. The number of unbranched alkanes of at least 4 members (excludes halogenated alkanes) is 1. The fraction of sp³-hybridized carbons (Fsp3) is 0.833. The summed E-state index contributed by atoms with van der Waals surface area (Å²) in [7, 11) is 0. The zero-order valence-electron chi connectivity index (χ0n) is 11.6. The van der Waals surface area contributed by atoms with Crippen LogP contribution in [0.15, 0.2) is 0 Å². The van der Waals surface area contributed by atoms with E-state index in [1.54, 1.807) is 0 Å². The third-order valence-electron chi connectivity index (χ3n) is 2.20. The average molecular weight is 262 g/mol. The maximum atomic E-state index is 11.7. The highest BCUT2D eigenvalue weighted by atomic mass is 17.2. The Labute approximate surface area is 107 Å². The van der Waals surface area contributed by atoms with E-state index in [9.17, 15) is 9.59 Å².